The molecule has 1 aliphatic rings. The van der Waals surface area contributed by atoms with E-state index in [1.807, 2.05) is 20.8 Å². The first-order chi connectivity index (χ1) is 10.3. The summed E-state index contributed by atoms with van der Waals surface area (Å²) < 4.78 is 17.8. The van der Waals surface area contributed by atoms with E-state index in [0.717, 1.165) is 25.1 Å². The van der Waals surface area contributed by atoms with E-state index >= 15 is 0 Å². The number of nitrogens with one attached hydrogen (secondary N) is 1. The quantitative estimate of drug-likeness (QED) is 0.905. The predicted molar refractivity (Wildman–Crippen MR) is 97.6 cm³/mol. The van der Waals surface area contributed by atoms with Crippen LogP contribution in [0.3, 0.4) is 0 Å². The maximum absolute atomic E-state index is 12.6. The Labute approximate surface area is 144 Å². The number of fused-ring (bicyclic) bond motifs is 1. The zero-order valence-corrected chi connectivity index (χ0v) is 16.8. The summed E-state index contributed by atoms with van der Waals surface area (Å²) in [4.78, 5) is 0. The third kappa shape index (κ3) is 4.90. The lowest BCUT2D eigenvalue weighted by molar-refractivity contribution is 0.201. The maximum atomic E-state index is 12.6. The minimum Gasteiger partial charge on any atom is -0.267 e. The molecule has 132 valence electrons. The van der Waals surface area contributed by atoms with E-state index in [4.69, 9.17) is 5.10 Å². The van der Waals surface area contributed by atoms with E-state index in [2.05, 4.69) is 50.1 Å². The highest BCUT2D eigenvalue weighted by Crippen LogP contribution is 2.38. The van der Waals surface area contributed by atoms with Gasteiger partial charge in [-0.2, -0.15) is 5.10 Å². The molecule has 5 heteroatoms. The van der Waals surface area contributed by atoms with Gasteiger partial charge in [-0.05, 0) is 50.5 Å². The lowest BCUT2D eigenvalue weighted by atomic mass is 9.82. The molecule has 2 heterocycles. The second kappa shape index (κ2) is 5.99. The summed E-state index contributed by atoms with van der Waals surface area (Å²) in [5.74, 6) is 0. The smallest absolute Gasteiger partial charge is 0.0976 e. The van der Waals surface area contributed by atoms with Gasteiger partial charge in [-0.15, -0.1) is 0 Å². The van der Waals surface area contributed by atoms with Crippen molar-refractivity contribution in [3.8, 4) is 0 Å². The molecule has 1 N–H and O–H groups in total. The van der Waals surface area contributed by atoms with Crippen molar-refractivity contribution >= 4 is 11.0 Å². The average molecular weight is 340 g/mol. The van der Waals surface area contributed by atoms with Gasteiger partial charge in [0.2, 0.25) is 0 Å². The SMILES string of the molecule is CC(C)(C)Cc1cc2n(n1)CC(C)(C)C[C@@H]2N[S@@](=O)C(C)(C)C. The van der Waals surface area contributed by atoms with Crippen LogP contribution in [0.4, 0.5) is 0 Å². The fourth-order valence-electron chi connectivity index (χ4n) is 3.06. The number of hydrogen-bond acceptors (Lipinski definition) is 2. The topological polar surface area (TPSA) is 46.9 Å². The van der Waals surface area contributed by atoms with Gasteiger partial charge >= 0.3 is 0 Å². The van der Waals surface area contributed by atoms with E-state index in [-0.39, 0.29) is 21.6 Å². The van der Waals surface area contributed by atoms with Crippen molar-refractivity contribution in [2.75, 3.05) is 0 Å². The maximum Gasteiger partial charge on any atom is 0.0976 e. The normalized spacial score (nSPS) is 22.7. The second-order valence-electron chi connectivity index (χ2n) is 9.88. The molecule has 0 amide bonds. The largest absolute Gasteiger partial charge is 0.267 e. The zero-order valence-electron chi connectivity index (χ0n) is 16.0. The lowest BCUT2D eigenvalue weighted by Gasteiger charge is -2.37. The van der Waals surface area contributed by atoms with Crippen molar-refractivity contribution < 1.29 is 4.21 Å². The van der Waals surface area contributed by atoms with E-state index < -0.39 is 11.0 Å². The summed E-state index contributed by atoms with van der Waals surface area (Å²) in [5, 5.41) is 4.83. The van der Waals surface area contributed by atoms with Crippen molar-refractivity contribution in [1.29, 1.82) is 0 Å². The third-order valence-corrected chi connectivity index (χ3v) is 5.68. The van der Waals surface area contributed by atoms with Crippen LogP contribution in [0.15, 0.2) is 6.07 Å². The first-order valence-corrected chi connectivity index (χ1v) is 9.67. The molecule has 2 atom stereocenters. The van der Waals surface area contributed by atoms with Gasteiger partial charge in [-0.3, -0.25) is 4.68 Å². The van der Waals surface area contributed by atoms with Crippen LogP contribution in [0, 0.1) is 10.8 Å². The standard InChI is InChI=1S/C18H33N3OS/c1-16(2,3)10-13-9-15-14(20-23(22)17(4,5)6)11-18(7,8)12-21(15)19-13/h9,14,20H,10-12H2,1-8H3/t14-,23-/m0/s1. The fourth-order valence-corrected chi connectivity index (χ4v) is 3.87. The summed E-state index contributed by atoms with van der Waals surface area (Å²) >= 11 is 0. The van der Waals surface area contributed by atoms with E-state index in [9.17, 15) is 4.21 Å². The fraction of sp³-hybridized carbons (Fsp3) is 0.833. The van der Waals surface area contributed by atoms with Crippen LogP contribution in [0.5, 0.6) is 0 Å². The van der Waals surface area contributed by atoms with Gasteiger partial charge in [0, 0.05) is 6.54 Å². The van der Waals surface area contributed by atoms with Crippen molar-refractivity contribution in [1.82, 2.24) is 14.5 Å². The van der Waals surface area contributed by atoms with Crippen LogP contribution < -0.4 is 4.72 Å². The molecule has 0 fully saturated rings. The highest BCUT2D eigenvalue weighted by molar-refractivity contribution is 7.84. The van der Waals surface area contributed by atoms with Gasteiger partial charge in [0.05, 0.1) is 33.2 Å². The Kier molecular flexibility index (Phi) is 4.86. The Morgan fingerprint density at radius 3 is 2.43 bits per heavy atom. The Balaban J connectivity index is 2.30. The highest BCUT2D eigenvalue weighted by Gasteiger charge is 2.36. The minimum absolute atomic E-state index is 0.0972. The Morgan fingerprint density at radius 1 is 1.30 bits per heavy atom. The molecule has 4 nitrogen and oxygen atoms in total. The molecule has 1 aromatic heterocycles. The molecule has 0 spiro atoms. The molecule has 0 bridgehead atoms. The highest BCUT2D eigenvalue weighted by atomic mass is 32.2. The minimum atomic E-state index is -1.08. The molecule has 0 radical (unpaired) electrons. The Hall–Kier alpha value is -0.680. The van der Waals surface area contributed by atoms with Crippen molar-refractivity contribution in [2.45, 2.75) is 85.6 Å². The number of hydrogen-bond donors (Lipinski definition) is 1. The molecule has 2 rings (SSSR count). The number of rotatable bonds is 3. The molecular weight excluding hydrogens is 306 g/mol. The molecule has 0 aromatic carbocycles. The monoisotopic (exact) mass is 339 g/mol. The predicted octanol–water partition coefficient (Wildman–Crippen LogP) is 3.99. The Bertz CT molecular complexity index is 590. The van der Waals surface area contributed by atoms with Gasteiger partial charge in [0.15, 0.2) is 0 Å². The van der Waals surface area contributed by atoms with Crippen LogP contribution in [0.25, 0.3) is 0 Å². The molecule has 0 saturated heterocycles. The number of aromatic nitrogens is 2. The molecule has 1 aromatic rings. The molecule has 23 heavy (non-hydrogen) atoms. The summed E-state index contributed by atoms with van der Waals surface area (Å²) in [6.45, 7) is 18.2. The summed E-state index contributed by atoms with van der Waals surface area (Å²) in [7, 11) is -1.08. The molecule has 0 aliphatic carbocycles. The van der Waals surface area contributed by atoms with Crippen molar-refractivity contribution in [3.63, 3.8) is 0 Å². The van der Waals surface area contributed by atoms with Gasteiger partial charge in [-0.25, -0.2) is 8.93 Å². The zero-order chi connectivity index (χ0) is 17.6. The number of nitrogens with zero attached hydrogens (tertiary/aromatic N) is 2. The lowest BCUT2D eigenvalue weighted by Crippen LogP contribution is -2.41. The van der Waals surface area contributed by atoms with Gasteiger partial charge < -0.3 is 0 Å². The van der Waals surface area contributed by atoms with Gasteiger partial charge in [0.1, 0.15) is 0 Å². The van der Waals surface area contributed by atoms with Crippen LogP contribution in [0.1, 0.15) is 79.2 Å². The summed E-state index contributed by atoms with van der Waals surface area (Å²) in [5.41, 5.74) is 2.69. The first kappa shape index (κ1) is 18.7. The van der Waals surface area contributed by atoms with Crippen molar-refractivity contribution in [2.24, 2.45) is 10.8 Å². The third-order valence-electron chi connectivity index (χ3n) is 4.07. The average Bonchev–Trinajstić information content (AvgIpc) is 2.65. The van der Waals surface area contributed by atoms with E-state index in [1.165, 1.54) is 5.69 Å². The van der Waals surface area contributed by atoms with Gasteiger partial charge in [-0.1, -0.05) is 34.6 Å². The van der Waals surface area contributed by atoms with Crippen LogP contribution in [0.2, 0.25) is 0 Å². The summed E-state index contributed by atoms with van der Waals surface area (Å²) in [6, 6.07) is 2.30. The van der Waals surface area contributed by atoms with Gasteiger partial charge in [0.25, 0.3) is 0 Å². The Morgan fingerprint density at radius 2 is 1.91 bits per heavy atom. The van der Waals surface area contributed by atoms with Crippen molar-refractivity contribution in [3.05, 3.63) is 17.5 Å². The molecule has 1 aliphatic heterocycles. The van der Waals surface area contributed by atoms with E-state index in [1.54, 1.807) is 0 Å². The first-order valence-electron chi connectivity index (χ1n) is 8.52. The molecule has 0 saturated carbocycles. The van der Waals surface area contributed by atoms with Crippen LogP contribution in [-0.2, 0) is 24.0 Å². The van der Waals surface area contributed by atoms with E-state index in [0.29, 0.717) is 0 Å². The summed E-state index contributed by atoms with van der Waals surface area (Å²) in [6.07, 6.45) is 1.94. The molecular formula is C18H33N3OS. The second-order valence-corrected chi connectivity index (χ2v) is 11.9. The van der Waals surface area contributed by atoms with Crippen LogP contribution >= 0.6 is 0 Å². The molecule has 0 unspecified atom stereocenters. The van der Waals surface area contributed by atoms with Crippen LogP contribution in [-0.4, -0.2) is 18.7 Å².